The van der Waals surface area contributed by atoms with Gasteiger partial charge in [0.2, 0.25) is 5.06 Å². The summed E-state index contributed by atoms with van der Waals surface area (Å²) >= 11 is 5.41. The highest BCUT2D eigenvalue weighted by Gasteiger charge is 2.20. The third-order valence-corrected chi connectivity index (χ3v) is 6.30. The van der Waals surface area contributed by atoms with E-state index < -0.39 is 10.8 Å². The van der Waals surface area contributed by atoms with E-state index in [0.29, 0.717) is 21.6 Å². The Morgan fingerprint density at radius 3 is 2.43 bits per heavy atom. The fourth-order valence-corrected chi connectivity index (χ4v) is 4.36. The van der Waals surface area contributed by atoms with E-state index in [1.165, 1.54) is 23.5 Å². The van der Waals surface area contributed by atoms with Crippen molar-refractivity contribution in [2.45, 2.75) is 0 Å². The standard InChI is InChI=1S/C20H12BrN3O4S2/c21-13-8-6-12(7-9-13)17-19(28-14-4-2-1-3-5-14)30-20(22-17)23-18(25)15-10-11-16(29-15)24(26)27/h1-11H,(H,22,23,25). The number of rotatable bonds is 6. The Hall–Kier alpha value is -3.08. The lowest BCUT2D eigenvalue weighted by atomic mass is 10.2. The minimum atomic E-state index is -0.526. The number of carbonyl (C=O) groups is 1. The van der Waals surface area contributed by atoms with Crippen molar-refractivity contribution in [1.82, 2.24) is 4.98 Å². The summed E-state index contributed by atoms with van der Waals surface area (Å²) in [6, 6.07) is 19.6. The summed E-state index contributed by atoms with van der Waals surface area (Å²) in [5, 5.41) is 14.3. The van der Waals surface area contributed by atoms with Crippen molar-refractivity contribution in [2.75, 3.05) is 5.32 Å². The second-order valence-electron chi connectivity index (χ2n) is 5.93. The van der Waals surface area contributed by atoms with E-state index in [9.17, 15) is 14.9 Å². The van der Waals surface area contributed by atoms with Gasteiger partial charge in [0.25, 0.3) is 5.91 Å². The quantitative estimate of drug-likeness (QED) is 0.237. The van der Waals surface area contributed by atoms with Crippen LogP contribution in [0.4, 0.5) is 10.1 Å². The van der Waals surface area contributed by atoms with Crippen LogP contribution in [0.1, 0.15) is 9.67 Å². The van der Waals surface area contributed by atoms with Gasteiger partial charge >= 0.3 is 5.00 Å². The molecule has 0 aliphatic heterocycles. The number of amides is 1. The van der Waals surface area contributed by atoms with Crippen LogP contribution in [0, 0.1) is 10.1 Å². The van der Waals surface area contributed by atoms with Crippen LogP contribution in [0.25, 0.3) is 11.3 Å². The predicted octanol–water partition coefficient (Wildman–Crippen LogP) is 6.59. The smallest absolute Gasteiger partial charge is 0.324 e. The molecule has 2 aromatic heterocycles. The lowest BCUT2D eigenvalue weighted by Crippen LogP contribution is -2.09. The molecule has 10 heteroatoms. The maximum Gasteiger partial charge on any atom is 0.324 e. The monoisotopic (exact) mass is 501 g/mol. The average Bonchev–Trinajstić information content (AvgIpc) is 3.37. The van der Waals surface area contributed by atoms with Crippen molar-refractivity contribution in [3.63, 3.8) is 0 Å². The average molecular weight is 502 g/mol. The molecule has 150 valence electrons. The molecule has 0 saturated carbocycles. The van der Waals surface area contributed by atoms with Gasteiger partial charge in [0.15, 0.2) is 5.13 Å². The van der Waals surface area contributed by atoms with Crippen molar-refractivity contribution >= 4 is 54.6 Å². The first-order valence-corrected chi connectivity index (χ1v) is 11.0. The van der Waals surface area contributed by atoms with Gasteiger partial charge in [-0.25, -0.2) is 4.98 Å². The topological polar surface area (TPSA) is 94.4 Å². The summed E-state index contributed by atoms with van der Waals surface area (Å²) in [5.41, 5.74) is 1.41. The molecule has 0 atom stereocenters. The first-order valence-electron chi connectivity index (χ1n) is 8.55. The summed E-state index contributed by atoms with van der Waals surface area (Å²) < 4.78 is 6.93. The van der Waals surface area contributed by atoms with Gasteiger partial charge in [-0.3, -0.25) is 20.2 Å². The Bertz CT molecular complexity index is 1210. The van der Waals surface area contributed by atoms with Crippen molar-refractivity contribution in [3.05, 3.63) is 86.2 Å². The number of para-hydroxylation sites is 1. The Labute approximate surface area is 187 Å². The third-order valence-electron chi connectivity index (χ3n) is 3.88. The number of thiophene rings is 1. The Morgan fingerprint density at radius 2 is 1.77 bits per heavy atom. The van der Waals surface area contributed by atoms with Gasteiger partial charge in [-0.1, -0.05) is 68.9 Å². The highest BCUT2D eigenvalue weighted by molar-refractivity contribution is 9.10. The molecule has 2 heterocycles. The molecule has 30 heavy (non-hydrogen) atoms. The first-order chi connectivity index (χ1) is 14.5. The van der Waals surface area contributed by atoms with Crippen LogP contribution in [-0.4, -0.2) is 15.8 Å². The van der Waals surface area contributed by atoms with Crippen LogP contribution >= 0.6 is 38.6 Å². The maximum absolute atomic E-state index is 12.5. The van der Waals surface area contributed by atoms with Crippen LogP contribution in [-0.2, 0) is 0 Å². The lowest BCUT2D eigenvalue weighted by Gasteiger charge is -2.05. The molecule has 0 saturated heterocycles. The number of nitro groups is 1. The fraction of sp³-hybridized carbons (Fsp3) is 0. The minimum Gasteiger partial charge on any atom is -0.444 e. The molecule has 0 spiro atoms. The van der Waals surface area contributed by atoms with E-state index in [0.717, 1.165) is 21.4 Å². The Balaban J connectivity index is 1.64. The fourth-order valence-electron chi connectivity index (χ4n) is 2.52. The number of carbonyl (C=O) groups excluding carboxylic acids is 1. The van der Waals surface area contributed by atoms with Crippen molar-refractivity contribution < 1.29 is 14.5 Å². The second kappa shape index (κ2) is 8.74. The lowest BCUT2D eigenvalue weighted by molar-refractivity contribution is -0.380. The molecule has 2 aromatic carbocycles. The van der Waals surface area contributed by atoms with E-state index in [4.69, 9.17) is 4.74 Å². The zero-order valence-electron chi connectivity index (χ0n) is 15.1. The summed E-state index contributed by atoms with van der Waals surface area (Å²) in [6.45, 7) is 0. The van der Waals surface area contributed by atoms with Gasteiger partial charge in [0.1, 0.15) is 11.4 Å². The molecule has 0 aliphatic carbocycles. The third kappa shape index (κ3) is 4.56. The van der Waals surface area contributed by atoms with Gasteiger partial charge in [-0.2, -0.15) is 0 Å². The Kier molecular flexibility index (Phi) is 5.88. The number of nitrogens with one attached hydrogen (secondary N) is 1. The molecule has 0 unspecified atom stereocenters. The molecule has 4 rings (SSSR count). The molecule has 0 aliphatic rings. The normalized spacial score (nSPS) is 10.6. The van der Waals surface area contributed by atoms with Crippen molar-refractivity contribution in [3.8, 4) is 22.1 Å². The zero-order valence-corrected chi connectivity index (χ0v) is 18.3. The number of hydrogen-bond donors (Lipinski definition) is 1. The minimum absolute atomic E-state index is 0.0945. The molecule has 7 nitrogen and oxygen atoms in total. The molecule has 1 amide bonds. The van der Waals surface area contributed by atoms with E-state index in [-0.39, 0.29) is 9.88 Å². The number of halogens is 1. The van der Waals surface area contributed by atoms with Gasteiger partial charge in [0.05, 0.1) is 9.80 Å². The second-order valence-corrected chi connectivity index (χ2v) is 8.87. The molecule has 0 fully saturated rings. The van der Waals surface area contributed by atoms with Crippen LogP contribution in [0.2, 0.25) is 0 Å². The number of aromatic nitrogens is 1. The highest BCUT2D eigenvalue weighted by atomic mass is 79.9. The van der Waals surface area contributed by atoms with Crippen LogP contribution in [0.5, 0.6) is 10.8 Å². The van der Waals surface area contributed by atoms with Crippen molar-refractivity contribution in [2.24, 2.45) is 0 Å². The molecular weight excluding hydrogens is 490 g/mol. The predicted molar refractivity (Wildman–Crippen MR) is 121 cm³/mol. The SMILES string of the molecule is O=C(Nc1nc(-c2ccc(Br)cc2)c(Oc2ccccc2)s1)c1ccc([N+](=O)[O-])s1. The van der Waals surface area contributed by atoms with Gasteiger partial charge in [-0.15, -0.1) is 0 Å². The number of thiazole rings is 1. The van der Waals surface area contributed by atoms with E-state index >= 15 is 0 Å². The number of benzene rings is 2. The van der Waals surface area contributed by atoms with Gasteiger partial charge < -0.3 is 4.74 Å². The van der Waals surface area contributed by atoms with Crippen LogP contribution in [0.15, 0.2) is 71.2 Å². The van der Waals surface area contributed by atoms with Crippen LogP contribution < -0.4 is 10.1 Å². The summed E-state index contributed by atoms with van der Waals surface area (Å²) in [5.74, 6) is 0.182. The Morgan fingerprint density at radius 1 is 1.03 bits per heavy atom. The maximum atomic E-state index is 12.5. The molecule has 4 aromatic rings. The number of nitrogens with zero attached hydrogens (tertiary/aromatic N) is 2. The van der Waals surface area contributed by atoms with E-state index in [2.05, 4.69) is 26.2 Å². The largest absolute Gasteiger partial charge is 0.444 e. The van der Waals surface area contributed by atoms with E-state index in [1.54, 1.807) is 0 Å². The van der Waals surface area contributed by atoms with Crippen molar-refractivity contribution in [1.29, 1.82) is 0 Å². The van der Waals surface area contributed by atoms with Gasteiger partial charge in [-0.05, 0) is 30.3 Å². The molecule has 0 bridgehead atoms. The molecule has 0 radical (unpaired) electrons. The van der Waals surface area contributed by atoms with E-state index in [1.807, 2.05) is 54.6 Å². The number of ether oxygens (including phenoxy) is 1. The molecule has 1 N–H and O–H groups in total. The van der Waals surface area contributed by atoms with Crippen LogP contribution in [0.3, 0.4) is 0 Å². The molecular formula is C20H12BrN3O4S2. The number of anilines is 1. The number of hydrogen-bond acceptors (Lipinski definition) is 7. The van der Waals surface area contributed by atoms with Gasteiger partial charge in [0, 0.05) is 16.1 Å². The summed E-state index contributed by atoms with van der Waals surface area (Å²) in [4.78, 5) is 27.6. The first kappa shape index (κ1) is 20.2. The summed E-state index contributed by atoms with van der Waals surface area (Å²) in [6.07, 6.45) is 0. The summed E-state index contributed by atoms with van der Waals surface area (Å²) in [7, 11) is 0. The highest BCUT2D eigenvalue weighted by Crippen LogP contribution is 2.41. The zero-order chi connectivity index (χ0) is 21.1.